The number of fused-ring (bicyclic) bond motifs is 2. The van der Waals surface area contributed by atoms with Crippen molar-refractivity contribution in [3.8, 4) is 28.5 Å². The molecule has 21 heteroatoms. The zero-order valence-electron chi connectivity index (χ0n) is 37.9. The van der Waals surface area contributed by atoms with Gasteiger partial charge in [0.25, 0.3) is 0 Å². The number of nitrogens with zero attached hydrogens (tertiary/aromatic N) is 8. The van der Waals surface area contributed by atoms with Crippen LogP contribution < -0.4 is 15.4 Å². The highest BCUT2D eigenvalue weighted by Crippen LogP contribution is 2.30. The Morgan fingerprint density at radius 3 is 1.77 bits per heavy atom. The summed E-state index contributed by atoms with van der Waals surface area (Å²) in [7, 11) is 1.30. The lowest BCUT2D eigenvalue weighted by Gasteiger charge is -2.32. The summed E-state index contributed by atoms with van der Waals surface area (Å²) in [6.07, 6.45) is 13.5. The lowest BCUT2D eigenvalue weighted by Crippen LogP contribution is -2.43. The molecule has 2 unspecified atom stereocenters. The van der Waals surface area contributed by atoms with E-state index in [0.29, 0.717) is 88.2 Å². The number of methoxy groups -OCH3 is 1. The van der Waals surface area contributed by atoms with Gasteiger partial charge in [-0.15, -0.1) is 0 Å². The van der Waals surface area contributed by atoms with Crippen molar-refractivity contribution in [1.29, 1.82) is 0 Å². The third-order valence-electron chi connectivity index (χ3n) is 11.6. The molecule has 69 heavy (non-hydrogen) atoms. The highest BCUT2D eigenvalue weighted by atomic mass is 35.5. The lowest BCUT2D eigenvalue weighted by molar-refractivity contribution is -0.127. The molecular weight excluding hydrogens is 934 g/mol. The Morgan fingerprint density at radius 2 is 1.26 bits per heavy atom. The van der Waals surface area contributed by atoms with Crippen molar-refractivity contribution in [3.05, 3.63) is 112 Å². The summed E-state index contributed by atoms with van der Waals surface area (Å²) in [5, 5.41) is 8.66. The molecule has 2 aliphatic rings. The minimum atomic E-state index is -0.577. The Hall–Kier alpha value is -7.25. The lowest BCUT2D eigenvalue weighted by atomic mass is 9.98. The van der Waals surface area contributed by atoms with E-state index in [0.717, 1.165) is 61.0 Å². The molecule has 0 radical (unpaired) electrons. The average molecular weight is 982 g/mol. The number of benzene rings is 1. The third kappa shape index (κ3) is 11.9. The van der Waals surface area contributed by atoms with Gasteiger partial charge in [0.1, 0.15) is 17.0 Å². The van der Waals surface area contributed by atoms with Crippen molar-refractivity contribution >= 4 is 74.9 Å². The number of rotatable bonds is 11. The molecular formula is C48H48Cl2F2N12O5. The van der Waals surface area contributed by atoms with Gasteiger partial charge in [-0.2, -0.15) is 0 Å². The molecule has 4 N–H and O–H groups in total. The molecule has 0 spiro atoms. The molecule has 7 aromatic rings. The first-order valence-electron chi connectivity index (χ1n) is 22.2. The normalized spacial score (nSPS) is 15.8. The number of aromatic nitrogens is 8. The Labute approximate surface area is 405 Å². The van der Waals surface area contributed by atoms with E-state index in [9.17, 15) is 23.2 Å². The minimum Gasteiger partial charge on any atom is -0.465 e. The first-order valence-corrected chi connectivity index (χ1v) is 22.9. The summed E-state index contributed by atoms with van der Waals surface area (Å²) in [5.74, 6) is -0.000851. The van der Waals surface area contributed by atoms with E-state index in [1.54, 1.807) is 53.8 Å². The Morgan fingerprint density at radius 1 is 0.754 bits per heavy atom. The molecule has 0 aliphatic carbocycles. The van der Waals surface area contributed by atoms with Crippen LogP contribution in [-0.2, 0) is 9.53 Å². The van der Waals surface area contributed by atoms with Crippen LogP contribution in [0.1, 0.15) is 49.9 Å². The summed E-state index contributed by atoms with van der Waals surface area (Å²) < 4.78 is 39.1. The third-order valence-corrected chi connectivity index (χ3v) is 12.0. The van der Waals surface area contributed by atoms with Crippen LogP contribution in [0.3, 0.4) is 0 Å². The van der Waals surface area contributed by atoms with Crippen molar-refractivity contribution in [2.75, 3.05) is 57.0 Å². The van der Waals surface area contributed by atoms with E-state index in [2.05, 4.69) is 55.2 Å². The number of carbonyl (C=O) groups excluding carboxylic acids is 3. The van der Waals surface area contributed by atoms with E-state index in [1.807, 2.05) is 18.7 Å². The molecule has 0 bridgehead atoms. The van der Waals surface area contributed by atoms with Gasteiger partial charge < -0.3 is 39.9 Å². The summed E-state index contributed by atoms with van der Waals surface area (Å²) >= 11 is 12.2. The number of ether oxygens (including phenoxy) is 2. The number of H-pyrrole nitrogens is 2. The Kier molecular flexibility index (Phi) is 15.2. The molecule has 8 heterocycles. The Bertz CT molecular complexity index is 3020. The first kappa shape index (κ1) is 48.2. The van der Waals surface area contributed by atoms with Crippen molar-refractivity contribution in [1.82, 2.24) is 49.7 Å². The van der Waals surface area contributed by atoms with Crippen LogP contribution in [-0.4, -0.2) is 114 Å². The van der Waals surface area contributed by atoms with Crippen molar-refractivity contribution in [2.24, 2.45) is 11.8 Å². The quantitative estimate of drug-likeness (QED) is 0.0704. The molecule has 2 aliphatic heterocycles. The van der Waals surface area contributed by atoms with Gasteiger partial charge in [-0.1, -0.05) is 28.8 Å². The van der Waals surface area contributed by atoms with Crippen LogP contribution in [0.25, 0.3) is 44.8 Å². The molecule has 2 fully saturated rings. The maximum Gasteiger partial charge on any atom is 0.415 e. The van der Waals surface area contributed by atoms with E-state index in [1.165, 1.54) is 25.4 Å². The van der Waals surface area contributed by atoms with Gasteiger partial charge in [0.2, 0.25) is 5.91 Å². The van der Waals surface area contributed by atoms with E-state index in [4.69, 9.17) is 27.9 Å². The molecule has 358 valence electrons. The van der Waals surface area contributed by atoms with Gasteiger partial charge in [-0.05, 0) is 87.8 Å². The molecule has 6 aromatic heterocycles. The fraction of sp³-hybridized carbons (Fsp3) is 0.312. The standard InChI is InChI=1S/C26H24ClFN6O4.C22H24ClFN6O/c1-37-25(35)16-4-6-18(7-5-16)38-26(36)34-8-2-3-15(14-34)10-29-24-21(28)13-32-23(33-24)20-12-31-22-19(20)9-17(27)11-30-22;1-13(2)6-19(31)30-5-3-4-14(12-30)8-25-22-18(24)11-28-21(29-22)17-10-27-20-16(17)7-15(23)9-26-20/h4-7,9,11-13,15H,2-3,8,10,14H2,1H3,(H,30,31)(H,29,32,33);6-7,9-11,14H,3-5,8,12H2,1-2H3,(H,26,27)(H,25,28,29). The zero-order chi connectivity index (χ0) is 48.6. The maximum absolute atomic E-state index is 14.5. The number of carbonyl (C=O) groups is 3. The molecule has 9 rings (SSSR count). The van der Waals surface area contributed by atoms with Crippen LogP contribution in [0.4, 0.5) is 25.2 Å². The smallest absolute Gasteiger partial charge is 0.415 e. The van der Waals surface area contributed by atoms with Crippen LogP contribution in [0.5, 0.6) is 5.75 Å². The number of hydrogen-bond acceptors (Lipinski definition) is 13. The van der Waals surface area contributed by atoms with Gasteiger partial charge >= 0.3 is 12.1 Å². The number of hydrogen-bond donors (Lipinski definition) is 4. The number of nitrogens with one attached hydrogen (secondary N) is 4. The maximum atomic E-state index is 14.5. The fourth-order valence-electron chi connectivity index (χ4n) is 8.16. The zero-order valence-corrected chi connectivity index (χ0v) is 39.4. The molecule has 2 amide bonds. The topological polar surface area (TPSA) is 209 Å². The summed E-state index contributed by atoms with van der Waals surface area (Å²) in [4.78, 5) is 71.7. The van der Waals surface area contributed by atoms with Crippen molar-refractivity contribution < 1.29 is 32.6 Å². The average Bonchev–Trinajstić information content (AvgIpc) is 3.97. The second kappa shape index (κ2) is 21.8. The number of likely N-dealkylation sites (tertiary alicyclic amines) is 2. The molecule has 0 saturated carbocycles. The van der Waals surface area contributed by atoms with Crippen LogP contribution in [0.2, 0.25) is 10.0 Å². The largest absolute Gasteiger partial charge is 0.465 e. The summed E-state index contributed by atoms with van der Waals surface area (Å²) in [5.41, 5.74) is 3.98. The number of allylic oxidation sites excluding steroid dienone is 1. The highest BCUT2D eigenvalue weighted by molar-refractivity contribution is 6.31. The van der Waals surface area contributed by atoms with E-state index in [-0.39, 0.29) is 29.4 Å². The monoisotopic (exact) mass is 980 g/mol. The van der Waals surface area contributed by atoms with Gasteiger partial charge in [0.05, 0.1) is 35.1 Å². The highest BCUT2D eigenvalue weighted by Gasteiger charge is 2.27. The predicted molar refractivity (Wildman–Crippen MR) is 258 cm³/mol. The molecule has 2 atom stereocenters. The number of halogens is 4. The van der Waals surface area contributed by atoms with Crippen molar-refractivity contribution in [2.45, 2.75) is 39.5 Å². The van der Waals surface area contributed by atoms with Crippen molar-refractivity contribution in [3.63, 3.8) is 0 Å². The second-order valence-electron chi connectivity index (χ2n) is 16.9. The van der Waals surface area contributed by atoms with Gasteiger partial charge in [0, 0.05) is 92.0 Å². The van der Waals surface area contributed by atoms with Crippen LogP contribution in [0, 0.1) is 23.5 Å². The molecule has 1 aromatic carbocycles. The number of pyridine rings is 2. The number of amides is 2. The van der Waals surface area contributed by atoms with E-state index >= 15 is 0 Å². The minimum absolute atomic E-state index is 0.0341. The van der Waals surface area contributed by atoms with E-state index < -0.39 is 23.7 Å². The van der Waals surface area contributed by atoms with Crippen LogP contribution in [0.15, 0.2) is 85.2 Å². The van der Waals surface area contributed by atoms with Gasteiger partial charge in [-0.3, -0.25) is 4.79 Å². The first-order chi connectivity index (χ1) is 33.3. The van der Waals surface area contributed by atoms with Gasteiger partial charge in [-0.25, -0.2) is 48.3 Å². The van der Waals surface area contributed by atoms with Crippen LogP contribution >= 0.6 is 23.2 Å². The summed E-state index contributed by atoms with van der Waals surface area (Å²) in [6.45, 7) is 7.14. The summed E-state index contributed by atoms with van der Waals surface area (Å²) in [6, 6.07) is 9.67. The Balaban J connectivity index is 0.000000190. The van der Waals surface area contributed by atoms with Gasteiger partial charge in [0.15, 0.2) is 34.9 Å². The SMILES string of the molecule is CC(C)=CC(=O)N1CCCC(CNc2nc(-c3c[nH]c4ncc(Cl)cc34)ncc2F)C1.COC(=O)c1ccc(OC(=O)N2CCCC(CNc3nc(-c4c[nH]c5ncc(Cl)cc45)ncc3F)C2)cc1. The second-order valence-corrected chi connectivity index (χ2v) is 17.8. The fourth-order valence-corrected chi connectivity index (χ4v) is 8.48. The number of piperidine rings is 2. The molecule has 2 saturated heterocycles. The number of anilines is 2. The molecule has 17 nitrogen and oxygen atoms in total. The predicted octanol–water partition coefficient (Wildman–Crippen LogP) is 9.35. The number of aromatic amines is 2. The number of esters is 1.